The van der Waals surface area contributed by atoms with E-state index in [1.807, 2.05) is 10.6 Å². The summed E-state index contributed by atoms with van der Waals surface area (Å²) in [7, 11) is 0. The molecule has 2 rings (SSSR count). The first-order valence-electron chi connectivity index (χ1n) is 4.67. The Kier molecular flexibility index (Phi) is 2.37. The van der Waals surface area contributed by atoms with Gasteiger partial charge in [-0.3, -0.25) is 9.78 Å². The molecule has 78 valence electrons. The number of fused-ring (bicyclic) bond motifs is 1. The third kappa shape index (κ3) is 1.96. The number of carboxylic acid groups (broad SMARTS) is 1. The molecule has 0 aliphatic carbocycles. The number of hydrogen-bond donors (Lipinski definition) is 1. The van der Waals surface area contributed by atoms with Crippen LogP contribution in [0.3, 0.4) is 0 Å². The van der Waals surface area contributed by atoms with Crippen LogP contribution in [0.1, 0.15) is 12.6 Å². The molecular weight excluding hydrogens is 194 g/mol. The predicted octanol–water partition coefficient (Wildman–Crippen LogP) is 0.992. The van der Waals surface area contributed by atoms with E-state index in [-0.39, 0.29) is 0 Å². The van der Waals surface area contributed by atoms with Crippen LogP contribution in [0.4, 0.5) is 0 Å². The summed E-state index contributed by atoms with van der Waals surface area (Å²) in [6.07, 6.45) is 7.37. The van der Waals surface area contributed by atoms with Crippen molar-refractivity contribution in [3.05, 3.63) is 30.5 Å². The van der Waals surface area contributed by atoms with Crippen LogP contribution in [0.2, 0.25) is 0 Å². The zero-order valence-electron chi connectivity index (χ0n) is 8.29. The molecule has 2 aromatic rings. The number of rotatable bonds is 3. The van der Waals surface area contributed by atoms with Crippen molar-refractivity contribution in [3.8, 4) is 0 Å². The summed E-state index contributed by atoms with van der Waals surface area (Å²) < 4.78 is 1.83. The smallest absolute Gasteiger partial charge is 0.306 e. The van der Waals surface area contributed by atoms with Crippen molar-refractivity contribution < 1.29 is 9.90 Å². The second kappa shape index (κ2) is 3.68. The van der Waals surface area contributed by atoms with Gasteiger partial charge in [-0.15, -0.1) is 0 Å². The molecule has 0 amide bonds. The molecule has 0 aliphatic heterocycles. The highest BCUT2D eigenvalue weighted by Crippen LogP contribution is 2.09. The minimum absolute atomic E-state index is 0.414. The lowest BCUT2D eigenvalue weighted by molar-refractivity contribution is -0.141. The minimum Gasteiger partial charge on any atom is -0.481 e. The predicted molar refractivity (Wildman–Crippen MR) is 53.5 cm³/mol. The maximum atomic E-state index is 10.7. The first-order valence-corrected chi connectivity index (χ1v) is 4.67. The van der Waals surface area contributed by atoms with Gasteiger partial charge in [0.25, 0.3) is 0 Å². The van der Waals surface area contributed by atoms with Gasteiger partial charge in [-0.05, 0) is 0 Å². The largest absolute Gasteiger partial charge is 0.481 e. The van der Waals surface area contributed by atoms with E-state index in [2.05, 4.69) is 9.97 Å². The lowest BCUT2D eigenvalue weighted by atomic mass is 10.1. The maximum Gasteiger partial charge on any atom is 0.306 e. The molecule has 0 fully saturated rings. The van der Waals surface area contributed by atoms with Crippen LogP contribution >= 0.6 is 0 Å². The van der Waals surface area contributed by atoms with Crippen LogP contribution in [0.5, 0.6) is 0 Å². The first-order chi connectivity index (χ1) is 7.16. The summed E-state index contributed by atoms with van der Waals surface area (Å²) in [5.74, 6) is -1.21. The van der Waals surface area contributed by atoms with Crippen LogP contribution < -0.4 is 0 Å². The molecule has 0 saturated heterocycles. The number of imidazole rings is 1. The van der Waals surface area contributed by atoms with Crippen molar-refractivity contribution in [1.82, 2.24) is 14.4 Å². The van der Waals surface area contributed by atoms with Gasteiger partial charge in [-0.25, -0.2) is 4.98 Å². The highest BCUT2D eigenvalue weighted by Gasteiger charge is 2.13. The SMILES string of the molecule is CC(Cc1cn2ccncc2n1)C(=O)O. The van der Waals surface area contributed by atoms with Crippen molar-refractivity contribution in [2.75, 3.05) is 0 Å². The van der Waals surface area contributed by atoms with Crippen LogP contribution in [0.25, 0.3) is 5.65 Å². The fraction of sp³-hybridized carbons (Fsp3) is 0.300. The van der Waals surface area contributed by atoms with E-state index < -0.39 is 11.9 Å². The normalized spacial score (nSPS) is 12.9. The summed E-state index contributed by atoms with van der Waals surface area (Å²) in [5, 5.41) is 8.77. The number of aliphatic carboxylic acids is 1. The van der Waals surface area contributed by atoms with Gasteiger partial charge in [0, 0.05) is 25.0 Å². The van der Waals surface area contributed by atoms with Crippen LogP contribution in [-0.2, 0) is 11.2 Å². The number of hydrogen-bond acceptors (Lipinski definition) is 3. The molecule has 0 bridgehead atoms. The Balaban J connectivity index is 2.26. The summed E-state index contributed by atoms with van der Waals surface area (Å²) in [5.41, 5.74) is 1.52. The summed E-state index contributed by atoms with van der Waals surface area (Å²) in [6, 6.07) is 0. The lowest BCUT2D eigenvalue weighted by Gasteiger charge is -2.01. The van der Waals surface area contributed by atoms with Gasteiger partial charge in [0.05, 0.1) is 17.8 Å². The summed E-state index contributed by atoms with van der Waals surface area (Å²) in [6.45, 7) is 1.67. The fourth-order valence-corrected chi connectivity index (χ4v) is 1.39. The molecule has 0 radical (unpaired) electrons. The quantitative estimate of drug-likeness (QED) is 0.811. The number of carbonyl (C=O) groups is 1. The number of aromatic nitrogens is 3. The topological polar surface area (TPSA) is 67.5 Å². The van der Waals surface area contributed by atoms with Crippen LogP contribution in [-0.4, -0.2) is 25.4 Å². The molecule has 1 N–H and O–H groups in total. The Morgan fingerprint density at radius 3 is 3.13 bits per heavy atom. The van der Waals surface area contributed by atoms with E-state index in [9.17, 15) is 4.79 Å². The molecule has 1 unspecified atom stereocenters. The third-order valence-corrected chi connectivity index (χ3v) is 2.25. The lowest BCUT2D eigenvalue weighted by Crippen LogP contribution is -2.12. The molecule has 2 heterocycles. The van der Waals surface area contributed by atoms with Gasteiger partial charge < -0.3 is 9.51 Å². The molecule has 2 aromatic heterocycles. The molecule has 0 saturated carbocycles. The summed E-state index contributed by atoms with van der Waals surface area (Å²) >= 11 is 0. The Labute approximate surface area is 86.4 Å². The average Bonchev–Trinajstić information content (AvgIpc) is 2.59. The van der Waals surface area contributed by atoms with E-state index in [4.69, 9.17) is 5.11 Å². The van der Waals surface area contributed by atoms with E-state index in [0.29, 0.717) is 6.42 Å². The Hall–Kier alpha value is -1.91. The Bertz CT molecular complexity index is 459. The molecule has 1 atom stereocenters. The zero-order valence-corrected chi connectivity index (χ0v) is 8.29. The molecule has 15 heavy (non-hydrogen) atoms. The van der Waals surface area contributed by atoms with Crippen molar-refractivity contribution >= 4 is 11.6 Å². The Morgan fingerprint density at radius 1 is 1.67 bits per heavy atom. The maximum absolute atomic E-state index is 10.7. The molecular formula is C10H11N3O2. The molecule has 0 spiro atoms. The highest BCUT2D eigenvalue weighted by molar-refractivity contribution is 5.69. The van der Waals surface area contributed by atoms with Crippen LogP contribution in [0, 0.1) is 5.92 Å². The van der Waals surface area contributed by atoms with E-state index in [0.717, 1.165) is 11.3 Å². The van der Waals surface area contributed by atoms with Gasteiger partial charge in [-0.1, -0.05) is 6.92 Å². The number of nitrogens with zero attached hydrogens (tertiary/aromatic N) is 3. The second-order valence-corrected chi connectivity index (χ2v) is 3.52. The molecule has 5 nitrogen and oxygen atoms in total. The van der Waals surface area contributed by atoms with Gasteiger partial charge in [0.1, 0.15) is 0 Å². The van der Waals surface area contributed by atoms with Gasteiger partial charge in [0.2, 0.25) is 0 Å². The highest BCUT2D eigenvalue weighted by atomic mass is 16.4. The zero-order chi connectivity index (χ0) is 10.8. The van der Waals surface area contributed by atoms with Crippen molar-refractivity contribution in [1.29, 1.82) is 0 Å². The first kappa shape index (κ1) is 9.64. The standard InChI is InChI=1S/C10H11N3O2/c1-7(10(14)15)4-8-6-13-3-2-11-5-9(13)12-8/h2-3,5-7H,4H2,1H3,(H,14,15). The van der Waals surface area contributed by atoms with E-state index in [1.165, 1.54) is 0 Å². The minimum atomic E-state index is -0.801. The monoisotopic (exact) mass is 205 g/mol. The second-order valence-electron chi connectivity index (χ2n) is 3.52. The van der Waals surface area contributed by atoms with Gasteiger partial charge >= 0.3 is 5.97 Å². The van der Waals surface area contributed by atoms with Gasteiger partial charge in [-0.2, -0.15) is 0 Å². The van der Waals surface area contributed by atoms with Crippen molar-refractivity contribution in [2.45, 2.75) is 13.3 Å². The van der Waals surface area contributed by atoms with Crippen LogP contribution in [0.15, 0.2) is 24.8 Å². The molecule has 5 heteroatoms. The van der Waals surface area contributed by atoms with Crippen molar-refractivity contribution in [3.63, 3.8) is 0 Å². The number of carboxylic acids is 1. The fourth-order valence-electron chi connectivity index (χ4n) is 1.39. The average molecular weight is 205 g/mol. The third-order valence-electron chi connectivity index (χ3n) is 2.25. The van der Waals surface area contributed by atoms with E-state index in [1.54, 1.807) is 25.5 Å². The van der Waals surface area contributed by atoms with E-state index >= 15 is 0 Å². The van der Waals surface area contributed by atoms with Crippen molar-refractivity contribution in [2.24, 2.45) is 5.92 Å². The van der Waals surface area contributed by atoms with Gasteiger partial charge in [0.15, 0.2) is 5.65 Å². The Morgan fingerprint density at radius 2 is 2.47 bits per heavy atom. The summed E-state index contributed by atoms with van der Waals surface area (Å²) in [4.78, 5) is 18.9. The molecule has 0 aromatic carbocycles. The molecule has 0 aliphatic rings.